The van der Waals surface area contributed by atoms with Gasteiger partial charge in [-0.3, -0.25) is 4.79 Å². The Balaban J connectivity index is 2.06. The van der Waals surface area contributed by atoms with Crippen LogP contribution in [0.3, 0.4) is 0 Å². The summed E-state index contributed by atoms with van der Waals surface area (Å²) in [7, 11) is 3.22. The SMILES string of the molecule is COc1ccc(-c2cc3cc(CC(C)C(=O)O)cc(OC)c3o2)c(C)c1. The largest absolute Gasteiger partial charge is 0.497 e. The Kier molecular flexibility index (Phi) is 4.89. The van der Waals surface area contributed by atoms with Gasteiger partial charge in [-0.1, -0.05) is 6.92 Å². The molecule has 0 radical (unpaired) electrons. The van der Waals surface area contributed by atoms with E-state index in [1.165, 1.54) is 0 Å². The van der Waals surface area contributed by atoms with Gasteiger partial charge in [-0.25, -0.2) is 0 Å². The maximum Gasteiger partial charge on any atom is 0.306 e. The average molecular weight is 354 g/mol. The van der Waals surface area contributed by atoms with Crippen LogP contribution in [0.15, 0.2) is 40.8 Å². The number of hydrogen-bond donors (Lipinski definition) is 1. The third kappa shape index (κ3) is 3.38. The van der Waals surface area contributed by atoms with Crippen molar-refractivity contribution in [2.75, 3.05) is 14.2 Å². The van der Waals surface area contributed by atoms with Crippen molar-refractivity contribution in [3.05, 3.63) is 47.5 Å². The third-order valence-electron chi connectivity index (χ3n) is 4.52. The Morgan fingerprint density at radius 1 is 1.15 bits per heavy atom. The minimum atomic E-state index is -0.814. The molecule has 0 bridgehead atoms. The van der Waals surface area contributed by atoms with Crippen molar-refractivity contribution in [2.24, 2.45) is 5.92 Å². The first-order valence-electron chi connectivity index (χ1n) is 8.41. The summed E-state index contributed by atoms with van der Waals surface area (Å²) in [5.74, 6) is 0.859. The molecule has 1 heterocycles. The molecule has 5 heteroatoms. The monoisotopic (exact) mass is 354 g/mol. The van der Waals surface area contributed by atoms with E-state index in [4.69, 9.17) is 19.0 Å². The lowest BCUT2D eigenvalue weighted by atomic mass is 9.99. The fourth-order valence-corrected chi connectivity index (χ4v) is 3.06. The van der Waals surface area contributed by atoms with E-state index in [0.717, 1.165) is 33.6 Å². The summed E-state index contributed by atoms with van der Waals surface area (Å²) in [5, 5.41) is 10.0. The normalized spacial score (nSPS) is 12.2. The quantitative estimate of drug-likeness (QED) is 0.695. The van der Waals surface area contributed by atoms with Gasteiger partial charge in [-0.2, -0.15) is 0 Å². The molecular formula is C21H22O5. The Morgan fingerprint density at radius 2 is 1.92 bits per heavy atom. The van der Waals surface area contributed by atoms with Gasteiger partial charge in [0.1, 0.15) is 11.5 Å². The molecule has 2 aromatic carbocycles. The van der Waals surface area contributed by atoms with Crippen molar-refractivity contribution in [1.82, 2.24) is 0 Å². The molecule has 1 N–H and O–H groups in total. The first-order valence-corrected chi connectivity index (χ1v) is 8.41. The topological polar surface area (TPSA) is 68.9 Å². The van der Waals surface area contributed by atoms with Crippen LogP contribution in [0.5, 0.6) is 11.5 Å². The van der Waals surface area contributed by atoms with Crippen LogP contribution >= 0.6 is 0 Å². The van der Waals surface area contributed by atoms with E-state index in [0.29, 0.717) is 17.8 Å². The molecule has 26 heavy (non-hydrogen) atoms. The van der Waals surface area contributed by atoms with Gasteiger partial charge in [0.05, 0.1) is 20.1 Å². The second-order valence-corrected chi connectivity index (χ2v) is 6.45. The van der Waals surface area contributed by atoms with Crippen LogP contribution in [0, 0.1) is 12.8 Å². The lowest BCUT2D eigenvalue weighted by Crippen LogP contribution is -2.12. The van der Waals surface area contributed by atoms with Crippen LogP contribution in [-0.4, -0.2) is 25.3 Å². The van der Waals surface area contributed by atoms with Crippen molar-refractivity contribution in [3.8, 4) is 22.8 Å². The highest BCUT2D eigenvalue weighted by atomic mass is 16.5. The summed E-state index contributed by atoms with van der Waals surface area (Å²) >= 11 is 0. The van der Waals surface area contributed by atoms with Crippen LogP contribution in [-0.2, 0) is 11.2 Å². The number of rotatable bonds is 6. The number of ether oxygens (including phenoxy) is 2. The molecule has 0 saturated carbocycles. The van der Waals surface area contributed by atoms with Crippen LogP contribution < -0.4 is 9.47 Å². The molecule has 136 valence electrons. The number of aryl methyl sites for hydroxylation is 1. The van der Waals surface area contributed by atoms with Gasteiger partial charge < -0.3 is 19.0 Å². The van der Waals surface area contributed by atoms with Crippen LogP contribution in [0.25, 0.3) is 22.3 Å². The molecule has 0 amide bonds. The zero-order valence-electron chi connectivity index (χ0n) is 15.3. The number of benzene rings is 2. The fourth-order valence-electron chi connectivity index (χ4n) is 3.06. The first kappa shape index (κ1) is 17.9. The van der Waals surface area contributed by atoms with Crippen molar-refractivity contribution in [3.63, 3.8) is 0 Å². The summed E-state index contributed by atoms with van der Waals surface area (Å²) in [4.78, 5) is 11.1. The van der Waals surface area contributed by atoms with Crippen molar-refractivity contribution >= 4 is 16.9 Å². The highest BCUT2D eigenvalue weighted by Crippen LogP contribution is 2.36. The van der Waals surface area contributed by atoms with E-state index in [2.05, 4.69) is 0 Å². The summed E-state index contributed by atoms with van der Waals surface area (Å²) in [6, 6.07) is 11.6. The van der Waals surface area contributed by atoms with Gasteiger partial charge in [0, 0.05) is 10.9 Å². The summed E-state index contributed by atoms with van der Waals surface area (Å²) in [6.45, 7) is 3.70. The first-order chi connectivity index (χ1) is 12.4. The Bertz CT molecular complexity index is 954. The summed E-state index contributed by atoms with van der Waals surface area (Å²) in [5.41, 5.74) is 3.58. The van der Waals surface area contributed by atoms with Crippen molar-refractivity contribution < 1.29 is 23.8 Å². The number of carboxylic acid groups (broad SMARTS) is 1. The van der Waals surface area contributed by atoms with Gasteiger partial charge in [-0.15, -0.1) is 0 Å². The zero-order chi connectivity index (χ0) is 18.8. The van der Waals surface area contributed by atoms with Crippen LogP contribution in [0.4, 0.5) is 0 Å². The van der Waals surface area contributed by atoms with Gasteiger partial charge >= 0.3 is 5.97 Å². The highest BCUT2D eigenvalue weighted by molar-refractivity contribution is 5.88. The molecule has 0 aliphatic heterocycles. The summed E-state index contributed by atoms with van der Waals surface area (Å²) < 4.78 is 16.8. The van der Waals surface area contributed by atoms with E-state index < -0.39 is 11.9 Å². The Labute approximate surface area is 152 Å². The number of hydrogen-bond acceptors (Lipinski definition) is 4. The Morgan fingerprint density at radius 3 is 2.54 bits per heavy atom. The molecule has 0 spiro atoms. The van der Waals surface area contributed by atoms with Crippen LogP contribution in [0.2, 0.25) is 0 Å². The molecule has 5 nitrogen and oxygen atoms in total. The maximum absolute atomic E-state index is 11.1. The minimum Gasteiger partial charge on any atom is -0.497 e. The van der Waals surface area contributed by atoms with Gasteiger partial charge in [0.15, 0.2) is 11.3 Å². The molecule has 3 rings (SSSR count). The number of methoxy groups -OCH3 is 2. The molecule has 1 atom stereocenters. The smallest absolute Gasteiger partial charge is 0.306 e. The molecule has 0 saturated heterocycles. The number of aliphatic carboxylic acids is 1. The lowest BCUT2D eigenvalue weighted by molar-refractivity contribution is -0.141. The van der Waals surface area contributed by atoms with E-state index in [-0.39, 0.29) is 0 Å². The fraction of sp³-hybridized carbons (Fsp3) is 0.286. The van der Waals surface area contributed by atoms with Gasteiger partial charge in [-0.05, 0) is 60.9 Å². The maximum atomic E-state index is 11.1. The predicted molar refractivity (Wildman–Crippen MR) is 100.0 cm³/mol. The third-order valence-corrected chi connectivity index (χ3v) is 4.52. The minimum absolute atomic E-state index is 0.434. The van der Waals surface area contributed by atoms with Crippen molar-refractivity contribution in [2.45, 2.75) is 20.3 Å². The van der Waals surface area contributed by atoms with E-state index in [1.807, 2.05) is 43.3 Å². The van der Waals surface area contributed by atoms with Gasteiger partial charge in [0.25, 0.3) is 0 Å². The molecule has 0 fully saturated rings. The molecule has 0 aliphatic rings. The number of furan rings is 1. The highest BCUT2D eigenvalue weighted by Gasteiger charge is 2.17. The zero-order valence-corrected chi connectivity index (χ0v) is 15.3. The molecule has 1 unspecified atom stereocenters. The predicted octanol–water partition coefficient (Wildman–Crippen LogP) is 4.69. The number of carbonyl (C=O) groups is 1. The number of carboxylic acids is 1. The van der Waals surface area contributed by atoms with Gasteiger partial charge in [0.2, 0.25) is 0 Å². The number of fused-ring (bicyclic) bond motifs is 1. The second kappa shape index (κ2) is 7.12. The molecule has 0 aliphatic carbocycles. The molecule has 3 aromatic rings. The molecular weight excluding hydrogens is 332 g/mol. The van der Waals surface area contributed by atoms with E-state index >= 15 is 0 Å². The summed E-state index contributed by atoms with van der Waals surface area (Å²) in [6.07, 6.45) is 0.434. The average Bonchev–Trinajstić information content (AvgIpc) is 3.04. The second-order valence-electron chi connectivity index (χ2n) is 6.45. The van der Waals surface area contributed by atoms with E-state index in [9.17, 15) is 4.79 Å². The van der Waals surface area contributed by atoms with Crippen LogP contribution in [0.1, 0.15) is 18.1 Å². The molecule has 1 aromatic heterocycles. The lowest BCUT2D eigenvalue weighted by Gasteiger charge is -2.08. The Hall–Kier alpha value is -2.95. The van der Waals surface area contributed by atoms with Crippen molar-refractivity contribution in [1.29, 1.82) is 0 Å². The van der Waals surface area contributed by atoms with E-state index in [1.54, 1.807) is 21.1 Å². The standard InChI is InChI=1S/C21H22O5/c1-12-8-16(24-3)5-6-17(12)18-11-15-9-14(7-13(2)21(22)23)10-19(25-4)20(15)26-18/h5-6,8-11,13H,7H2,1-4H3,(H,22,23).